The quantitative estimate of drug-likeness (QED) is 0.900. The maximum Gasteiger partial charge on any atom is 0.243 e. The van der Waals surface area contributed by atoms with Crippen LogP contribution in [0.3, 0.4) is 0 Å². The van der Waals surface area contributed by atoms with Crippen LogP contribution in [0.15, 0.2) is 23.2 Å². The number of rotatable bonds is 4. The lowest BCUT2D eigenvalue weighted by molar-refractivity contribution is 0.453. The third-order valence-corrected chi connectivity index (χ3v) is 5.31. The summed E-state index contributed by atoms with van der Waals surface area (Å²) in [5.74, 6) is 1.06. The van der Waals surface area contributed by atoms with Crippen molar-refractivity contribution in [1.82, 2.24) is 9.29 Å². The van der Waals surface area contributed by atoms with Crippen LogP contribution < -0.4 is 5.32 Å². The van der Waals surface area contributed by atoms with Crippen molar-refractivity contribution in [3.8, 4) is 0 Å². The first kappa shape index (κ1) is 13.3. The molecule has 1 aromatic heterocycles. The zero-order valence-corrected chi connectivity index (χ0v) is 11.6. The Kier molecular flexibility index (Phi) is 3.87. The smallest absolute Gasteiger partial charge is 0.243 e. The molecular formula is C12H19N3O2S. The Morgan fingerprint density at radius 2 is 2.33 bits per heavy atom. The summed E-state index contributed by atoms with van der Waals surface area (Å²) >= 11 is 0. The van der Waals surface area contributed by atoms with E-state index < -0.39 is 10.0 Å². The maximum atomic E-state index is 12.4. The third kappa shape index (κ3) is 2.49. The van der Waals surface area contributed by atoms with E-state index >= 15 is 0 Å². The number of anilines is 1. The normalized spacial score (nSPS) is 21.1. The van der Waals surface area contributed by atoms with Crippen LogP contribution in [0.2, 0.25) is 0 Å². The molecule has 1 atom stereocenters. The van der Waals surface area contributed by atoms with Crippen LogP contribution in [0, 0.1) is 5.92 Å². The van der Waals surface area contributed by atoms with E-state index in [0.29, 0.717) is 29.7 Å². The van der Waals surface area contributed by atoms with E-state index in [4.69, 9.17) is 0 Å². The molecular weight excluding hydrogens is 250 g/mol. The van der Waals surface area contributed by atoms with E-state index in [1.165, 1.54) is 6.20 Å². The highest BCUT2D eigenvalue weighted by Gasteiger charge is 2.31. The summed E-state index contributed by atoms with van der Waals surface area (Å²) in [6.07, 6.45) is 3.51. The van der Waals surface area contributed by atoms with Crippen LogP contribution in [0.1, 0.15) is 19.8 Å². The van der Waals surface area contributed by atoms with E-state index in [1.807, 2.05) is 0 Å². The van der Waals surface area contributed by atoms with Crippen LogP contribution in [-0.2, 0) is 10.0 Å². The summed E-state index contributed by atoms with van der Waals surface area (Å²) < 4.78 is 26.4. The second kappa shape index (κ2) is 5.24. The van der Waals surface area contributed by atoms with Gasteiger partial charge < -0.3 is 5.32 Å². The first-order chi connectivity index (χ1) is 8.57. The average Bonchev–Trinajstić information content (AvgIpc) is 2.88. The van der Waals surface area contributed by atoms with Crippen LogP contribution in [0.25, 0.3) is 0 Å². The molecule has 2 rings (SSSR count). The molecule has 0 bridgehead atoms. The number of nitrogens with zero attached hydrogens (tertiary/aromatic N) is 2. The molecule has 100 valence electrons. The Balaban J connectivity index is 2.25. The van der Waals surface area contributed by atoms with Crippen LogP contribution in [0.4, 0.5) is 5.82 Å². The van der Waals surface area contributed by atoms with Crippen molar-refractivity contribution in [3.05, 3.63) is 18.3 Å². The first-order valence-electron chi connectivity index (χ1n) is 6.22. The number of pyridine rings is 1. The van der Waals surface area contributed by atoms with Gasteiger partial charge in [-0.3, -0.25) is 0 Å². The Labute approximate surface area is 108 Å². The molecule has 6 heteroatoms. The van der Waals surface area contributed by atoms with Crippen LogP contribution in [-0.4, -0.2) is 37.8 Å². The summed E-state index contributed by atoms with van der Waals surface area (Å²) in [7, 11) is -1.64. The molecule has 1 fully saturated rings. The minimum atomic E-state index is -3.36. The van der Waals surface area contributed by atoms with Gasteiger partial charge in [-0.25, -0.2) is 13.4 Å². The lowest BCUT2D eigenvalue weighted by atomic mass is 10.1. The highest BCUT2D eigenvalue weighted by Crippen LogP contribution is 2.26. The largest absolute Gasteiger partial charge is 0.373 e. The Morgan fingerprint density at radius 3 is 2.94 bits per heavy atom. The lowest BCUT2D eigenvalue weighted by Gasteiger charge is -2.16. The summed E-state index contributed by atoms with van der Waals surface area (Å²) in [4.78, 5) is 4.35. The fraction of sp³-hybridized carbons (Fsp3) is 0.583. The van der Waals surface area contributed by atoms with Gasteiger partial charge in [0.2, 0.25) is 10.0 Å². The van der Waals surface area contributed by atoms with Gasteiger partial charge in [-0.1, -0.05) is 13.3 Å². The van der Waals surface area contributed by atoms with Crippen molar-refractivity contribution < 1.29 is 8.42 Å². The molecule has 1 unspecified atom stereocenters. The van der Waals surface area contributed by atoms with Crippen molar-refractivity contribution in [2.24, 2.45) is 5.92 Å². The molecule has 1 aliphatic rings. The molecule has 0 aliphatic carbocycles. The van der Waals surface area contributed by atoms with Gasteiger partial charge in [0.25, 0.3) is 0 Å². The second-order valence-electron chi connectivity index (χ2n) is 4.55. The van der Waals surface area contributed by atoms with Gasteiger partial charge in [-0.2, -0.15) is 4.31 Å². The molecule has 0 radical (unpaired) electrons. The van der Waals surface area contributed by atoms with Gasteiger partial charge in [0.15, 0.2) is 0 Å². The van der Waals surface area contributed by atoms with E-state index in [0.717, 1.165) is 12.8 Å². The number of sulfonamides is 1. The molecule has 0 amide bonds. The lowest BCUT2D eigenvalue weighted by Crippen LogP contribution is -2.28. The first-order valence-corrected chi connectivity index (χ1v) is 7.66. The molecule has 5 nitrogen and oxygen atoms in total. The zero-order chi connectivity index (χ0) is 13.2. The van der Waals surface area contributed by atoms with E-state index in [9.17, 15) is 8.42 Å². The second-order valence-corrected chi connectivity index (χ2v) is 6.49. The molecule has 1 aromatic rings. The highest BCUT2D eigenvalue weighted by atomic mass is 32.2. The van der Waals surface area contributed by atoms with Crippen molar-refractivity contribution in [2.45, 2.75) is 24.7 Å². The van der Waals surface area contributed by atoms with Crippen molar-refractivity contribution in [1.29, 1.82) is 0 Å². The van der Waals surface area contributed by atoms with Crippen LogP contribution in [0.5, 0.6) is 0 Å². The number of hydrogen-bond donors (Lipinski definition) is 1. The summed E-state index contributed by atoms with van der Waals surface area (Å²) in [5.41, 5.74) is 0. The standard InChI is InChI=1S/C12H19N3O2S/c1-3-10-5-7-15(9-10)18(16,17)11-4-6-14-12(8-11)13-2/h4,6,8,10H,3,5,7,9H2,1-2H3,(H,13,14). The van der Waals surface area contributed by atoms with Crippen molar-refractivity contribution in [2.75, 3.05) is 25.5 Å². The van der Waals surface area contributed by atoms with Gasteiger partial charge in [0, 0.05) is 32.4 Å². The van der Waals surface area contributed by atoms with Gasteiger partial charge >= 0.3 is 0 Å². The Hall–Kier alpha value is -1.14. The predicted octanol–water partition coefficient (Wildman–Crippen LogP) is 1.54. The van der Waals surface area contributed by atoms with Crippen molar-refractivity contribution in [3.63, 3.8) is 0 Å². The fourth-order valence-electron chi connectivity index (χ4n) is 2.21. The molecule has 18 heavy (non-hydrogen) atoms. The summed E-state index contributed by atoms with van der Waals surface area (Å²) in [5, 5.41) is 2.86. The van der Waals surface area contributed by atoms with Gasteiger partial charge in [0.1, 0.15) is 5.82 Å². The van der Waals surface area contributed by atoms with Gasteiger partial charge in [0.05, 0.1) is 4.90 Å². The summed E-state index contributed by atoms with van der Waals surface area (Å²) in [6.45, 7) is 3.36. The molecule has 1 N–H and O–H groups in total. The average molecular weight is 269 g/mol. The Bertz CT molecular complexity index is 516. The minimum absolute atomic E-state index is 0.318. The molecule has 2 heterocycles. The summed E-state index contributed by atoms with van der Waals surface area (Å²) in [6, 6.07) is 3.13. The minimum Gasteiger partial charge on any atom is -0.373 e. The maximum absolute atomic E-state index is 12.4. The highest BCUT2D eigenvalue weighted by molar-refractivity contribution is 7.89. The molecule has 1 aliphatic heterocycles. The third-order valence-electron chi connectivity index (χ3n) is 3.45. The molecule has 0 saturated carbocycles. The van der Waals surface area contributed by atoms with Crippen molar-refractivity contribution >= 4 is 15.8 Å². The van der Waals surface area contributed by atoms with E-state index in [1.54, 1.807) is 23.5 Å². The predicted molar refractivity (Wildman–Crippen MR) is 70.9 cm³/mol. The topological polar surface area (TPSA) is 62.3 Å². The zero-order valence-electron chi connectivity index (χ0n) is 10.8. The molecule has 0 spiro atoms. The number of nitrogens with one attached hydrogen (secondary N) is 1. The fourth-order valence-corrected chi connectivity index (χ4v) is 3.75. The molecule has 0 aromatic carbocycles. The molecule has 1 saturated heterocycles. The van der Waals surface area contributed by atoms with Gasteiger partial charge in [-0.05, 0) is 18.4 Å². The number of hydrogen-bond acceptors (Lipinski definition) is 4. The van der Waals surface area contributed by atoms with E-state index in [2.05, 4.69) is 17.2 Å². The SMILES string of the molecule is CCC1CCN(S(=O)(=O)c2ccnc(NC)c2)C1. The monoisotopic (exact) mass is 269 g/mol. The van der Waals surface area contributed by atoms with E-state index in [-0.39, 0.29) is 0 Å². The number of aromatic nitrogens is 1. The Morgan fingerprint density at radius 1 is 1.56 bits per heavy atom. The van der Waals surface area contributed by atoms with Gasteiger partial charge in [-0.15, -0.1) is 0 Å². The van der Waals surface area contributed by atoms with Crippen LogP contribution >= 0.6 is 0 Å².